The number of fused-ring (bicyclic) bond motifs is 1. The lowest BCUT2D eigenvalue weighted by Crippen LogP contribution is -2.46. The molecular formula is C32H52N7O17P3S. The van der Waals surface area contributed by atoms with Gasteiger partial charge in [0, 0.05) is 37.1 Å². The van der Waals surface area contributed by atoms with E-state index >= 15 is 0 Å². The van der Waals surface area contributed by atoms with Gasteiger partial charge in [0.05, 0.1) is 19.5 Å². The molecule has 0 aliphatic carbocycles. The van der Waals surface area contributed by atoms with Gasteiger partial charge in [-0.05, 0) is 25.7 Å². The van der Waals surface area contributed by atoms with Gasteiger partial charge in [-0.2, -0.15) is 4.31 Å². The monoisotopic (exact) mass is 931 g/mol. The molecule has 0 aromatic carbocycles. The Bertz CT molecular complexity index is 1960. The number of unbranched alkanes of at least 4 members (excludes halogenated alkanes) is 1. The number of aromatic nitrogens is 4. The van der Waals surface area contributed by atoms with Crippen LogP contribution in [0.1, 0.15) is 65.5 Å². The first-order valence-corrected chi connectivity index (χ1v) is 23.9. The molecule has 0 saturated carbocycles. The van der Waals surface area contributed by atoms with Gasteiger partial charge in [-0.3, -0.25) is 32.5 Å². The minimum Gasteiger partial charge on any atom is -0.386 e. The Morgan fingerprint density at radius 1 is 0.983 bits per heavy atom. The Balaban J connectivity index is 1.41. The highest BCUT2D eigenvalue weighted by molar-refractivity contribution is 8.13. The van der Waals surface area contributed by atoms with Crippen LogP contribution in [0, 0.1) is 5.41 Å². The Morgan fingerprint density at radius 3 is 2.33 bits per heavy atom. The van der Waals surface area contributed by atoms with Gasteiger partial charge >= 0.3 is 23.5 Å². The number of nitrogens with zero attached hydrogens (tertiary/aromatic N) is 4. The van der Waals surface area contributed by atoms with Crippen LogP contribution in [0.25, 0.3) is 11.2 Å². The smallest absolute Gasteiger partial charge is 0.386 e. The molecule has 2 aromatic rings. The number of aliphatic hydroxyl groups is 2. The van der Waals surface area contributed by atoms with E-state index in [0.29, 0.717) is 18.6 Å². The van der Waals surface area contributed by atoms with Crippen molar-refractivity contribution in [1.82, 2.24) is 30.2 Å². The van der Waals surface area contributed by atoms with E-state index < -0.39 is 84.6 Å². The Morgan fingerprint density at radius 2 is 1.65 bits per heavy atom. The lowest BCUT2D eigenvalue weighted by molar-refractivity contribution is -0.137. The number of allylic oxidation sites excluding steroid dienone is 4. The number of carbonyl (C=O) groups is 3. The number of anilines is 1. The zero-order chi connectivity index (χ0) is 44.7. The van der Waals surface area contributed by atoms with Gasteiger partial charge in [0.1, 0.15) is 36.3 Å². The minimum absolute atomic E-state index is 0.00305. The number of imidazole rings is 1. The van der Waals surface area contributed by atoms with Gasteiger partial charge in [-0.1, -0.05) is 56.8 Å². The molecule has 28 heteroatoms. The molecular weight excluding hydrogens is 879 g/mol. The predicted molar refractivity (Wildman–Crippen MR) is 214 cm³/mol. The zero-order valence-corrected chi connectivity index (χ0v) is 36.4. The van der Waals surface area contributed by atoms with Crippen molar-refractivity contribution in [1.29, 1.82) is 0 Å². The number of phosphoric acid groups is 3. The number of aliphatic hydroxyl groups excluding tert-OH is 2. The first-order chi connectivity index (χ1) is 28.1. The summed E-state index contributed by atoms with van der Waals surface area (Å²) in [7, 11) is -16.4. The number of phosphoric ester groups is 3. The highest BCUT2D eigenvalue weighted by Crippen LogP contribution is 2.61. The van der Waals surface area contributed by atoms with Crippen molar-refractivity contribution in [3.8, 4) is 0 Å². The number of ether oxygens (including phenoxy) is 1. The van der Waals surface area contributed by atoms with Crippen molar-refractivity contribution in [2.75, 3.05) is 37.8 Å². The number of hydrogen-bond donors (Lipinski definition) is 9. The number of nitrogen functional groups attached to an aromatic ring is 1. The fraction of sp³-hybridized carbons (Fsp3) is 0.625. The molecule has 7 unspecified atom stereocenters. The maximum absolute atomic E-state index is 12.7. The molecule has 0 radical (unpaired) electrons. The Labute approximate surface area is 349 Å². The average molecular weight is 932 g/mol. The topological polar surface area (TPSA) is 364 Å². The number of nitrogens with one attached hydrogen (secondary N) is 2. The second-order valence-electron chi connectivity index (χ2n) is 13.8. The van der Waals surface area contributed by atoms with Crippen LogP contribution in [-0.2, 0) is 50.7 Å². The van der Waals surface area contributed by atoms with Crippen LogP contribution in [0.15, 0.2) is 37.0 Å². The summed E-state index contributed by atoms with van der Waals surface area (Å²) < 4.78 is 62.2. The Hall–Kier alpha value is -2.96. The van der Waals surface area contributed by atoms with E-state index in [4.69, 9.17) is 19.5 Å². The third-order valence-corrected chi connectivity index (χ3v) is 12.4. The van der Waals surface area contributed by atoms with E-state index in [1.165, 1.54) is 13.8 Å². The zero-order valence-electron chi connectivity index (χ0n) is 32.9. The van der Waals surface area contributed by atoms with Crippen LogP contribution < -0.4 is 16.4 Å². The second kappa shape index (κ2) is 23.5. The van der Waals surface area contributed by atoms with Crippen molar-refractivity contribution in [3.05, 3.63) is 37.0 Å². The molecule has 7 atom stereocenters. The minimum atomic E-state index is -5.57. The molecule has 2 aromatic heterocycles. The van der Waals surface area contributed by atoms with Crippen molar-refractivity contribution >= 4 is 69.1 Å². The van der Waals surface area contributed by atoms with E-state index in [-0.39, 0.29) is 41.6 Å². The van der Waals surface area contributed by atoms with Gasteiger partial charge < -0.3 is 50.9 Å². The van der Waals surface area contributed by atoms with Gasteiger partial charge in [-0.25, -0.2) is 28.6 Å². The standard InChI is InChI=1S/C32H52N7O17P3S/c1-4-5-6-7-8-9-10-11-12-23(41)60-16-15-34-22(40)13-14-35-30(44)27(43)32(2,3)18-53-59(50,51)56-58(48,49)52-17-21-26(55-57(45,46)47)25(42)31(54-21)39-20-38-24-28(33)36-19-37-29(24)39/h5-6,9-10,19-21,25-27,31,42-43H,4,7-8,11-18H2,1-3H3,(H,34,40)(H,35,44)(H,48,49)(H,50,51)(H2,33,36,37)(H2,45,46,47)/b6-5+,10-9+. The molecule has 0 spiro atoms. The fourth-order valence-electron chi connectivity index (χ4n) is 5.28. The number of amides is 2. The first-order valence-electron chi connectivity index (χ1n) is 18.4. The lowest BCUT2D eigenvalue weighted by atomic mass is 9.87. The number of hydrogen-bond acceptors (Lipinski definition) is 18. The molecule has 24 nitrogen and oxygen atoms in total. The molecule has 10 N–H and O–H groups in total. The lowest BCUT2D eigenvalue weighted by Gasteiger charge is -2.30. The third kappa shape index (κ3) is 17.1. The van der Waals surface area contributed by atoms with Crippen LogP contribution in [0.5, 0.6) is 0 Å². The summed E-state index contributed by atoms with van der Waals surface area (Å²) in [4.78, 5) is 87.8. The highest BCUT2D eigenvalue weighted by Gasteiger charge is 2.50. The molecule has 60 heavy (non-hydrogen) atoms. The largest absolute Gasteiger partial charge is 0.481 e. The third-order valence-electron chi connectivity index (χ3n) is 8.35. The van der Waals surface area contributed by atoms with Crippen molar-refractivity contribution in [2.24, 2.45) is 5.41 Å². The summed E-state index contributed by atoms with van der Waals surface area (Å²) >= 11 is 1.10. The van der Waals surface area contributed by atoms with Crippen LogP contribution in [0.3, 0.4) is 0 Å². The van der Waals surface area contributed by atoms with E-state index in [9.17, 15) is 57.9 Å². The Kier molecular flexibility index (Phi) is 20.1. The quantitative estimate of drug-likeness (QED) is 0.0368. The number of carbonyl (C=O) groups excluding carboxylic acids is 3. The summed E-state index contributed by atoms with van der Waals surface area (Å²) in [5, 5.41) is 26.5. The maximum Gasteiger partial charge on any atom is 0.481 e. The maximum atomic E-state index is 12.7. The normalized spacial score (nSPS) is 21.3. The van der Waals surface area contributed by atoms with Gasteiger partial charge in [0.15, 0.2) is 22.8 Å². The SMILES string of the molecule is CC/C=C/CC/C=C/CCC(=O)SCCNC(=O)CCNC(=O)C(O)C(C)(C)COP(=O)(O)OP(=O)(O)OCC1OC(n2cnc3c(N)ncnc32)C(O)C1OP(=O)(O)O. The molecule has 1 saturated heterocycles. The molecule has 0 bridgehead atoms. The van der Waals surface area contributed by atoms with Crippen molar-refractivity contribution < 1.29 is 80.5 Å². The molecule has 1 fully saturated rings. The second-order valence-corrected chi connectivity index (χ2v) is 19.1. The molecule has 338 valence electrons. The van der Waals surface area contributed by atoms with Gasteiger partial charge in [0.25, 0.3) is 0 Å². The molecule has 1 aliphatic heterocycles. The van der Waals surface area contributed by atoms with E-state index in [0.717, 1.165) is 48.2 Å². The van der Waals surface area contributed by atoms with Gasteiger partial charge in [0.2, 0.25) is 11.8 Å². The molecule has 3 rings (SSSR count). The van der Waals surface area contributed by atoms with E-state index in [1.54, 1.807) is 0 Å². The van der Waals surface area contributed by atoms with Crippen LogP contribution >= 0.6 is 35.2 Å². The van der Waals surface area contributed by atoms with E-state index in [2.05, 4.69) is 53.5 Å². The van der Waals surface area contributed by atoms with Crippen LogP contribution in [0.4, 0.5) is 5.82 Å². The summed E-state index contributed by atoms with van der Waals surface area (Å²) in [5.41, 5.74) is 4.27. The number of thioether (sulfide) groups is 1. The van der Waals surface area contributed by atoms with Gasteiger partial charge in [-0.15, -0.1) is 0 Å². The number of nitrogens with two attached hydrogens (primary N) is 1. The summed E-state index contributed by atoms with van der Waals surface area (Å²) in [6, 6.07) is 0. The highest BCUT2D eigenvalue weighted by atomic mass is 32.2. The first kappa shape index (κ1) is 51.4. The fourth-order valence-corrected chi connectivity index (χ4v) is 8.80. The molecule has 1 aliphatic rings. The van der Waals surface area contributed by atoms with Crippen molar-refractivity contribution in [2.45, 2.75) is 89.9 Å². The number of rotatable bonds is 26. The molecule has 3 heterocycles. The summed E-state index contributed by atoms with van der Waals surface area (Å²) in [5.74, 6) is -1.09. The van der Waals surface area contributed by atoms with Crippen LogP contribution in [0.2, 0.25) is 0 Å². The van der Waals surface area contributed by atoms with E-state index in [1.807, 2.05) is 12.2 Å². The molecule has 2 amide bonds. The average Bonchev–Trinajstić information content (AvgIpc) is 3.72. The summed E-state index contributed by atoms with van der Waals surface area (Å²) in [6.07, 6.45) is 5.19. The predicted octanol–water partition coefficient (Wildman–Crippen LogP) is 1.75. The van der Waals surface area contributed by atoms with Crippen LogP contribution in [-0.4, -0.2) is 123 Å². The van der Waals surface area contributed by atoms with Crippen molar-refractivity contribution in [3.63, 3.8) is 0 Å². The summed E-state index contributed by atoms with van der Waals surface area (Å²) in [6.45, 7) is 2.58.